The minimum atomic E-state index is -0.425. The first kappa shape index (κ1) is 11.9. The van der Waals surface area contributed by atoms with Crippen LogP contribution in [0.25, 0.3) is 0 Å². The fourth-order valence-electron chi connectivity index (χ4n) is 2.00. The molecule has 0 aromatic heterocycles. The molecule has 4 heteroatoms. The first-order valence-electron chi connectivity index (χ1n) is 5.25. The Bertz CT molecular complexity index is 210. The molecule has 82 valence electrons. The Morgan fingerprint density at radius 2 is 2.43 bits per heavy atom. The van der Waals surface area contributed by atoms with E-state index in [1.807, 2.05) is 18.8 Å². The first-order chi connectivity index (χ1) is 6.64. The summed E-state index contributed by atoms with van der Waals surface area (Å²) in [6.07, 6.45) is 4.09. The molecule has 14 heavy (non-hydrogen) atoms. The molecule has 0 saturated heterocycles. The molecule has 1 aliphatic carbocycles. The monoisotopic (exact) mass is 216 g/mol. The largest absolute Gasteiger partial charge is 0.368 e. The lowest BCUT2D eigenvalue weighted by molar-refractivity contribution is -0.124. The molecule has 2 unspecified atom stereocenters. The van der Waals surface area contributed by atoms with Gasteiger partial charge in [0.1, 0.15) is 0 Å². The van der Waals surface area contributed by atoms with E-state index in [9.17, 15) is 4.79 Å². The maximum Gasteiger partial charge on any atom is 0.237 e. The normalized spacial score (nSPS) is 32.0. The Labute approximate surface area is 90.2 Å². The highest BCUT2D eigenvalue weighted by Gasteiger charge is 2.42. The summed E-state index contributed by atoms with van der Waals surface area (Å²) in [6, 6.07) is 0. The Kier molecular flexibility index (Phi) is 4.26. The second-order valence-corrected chi connectivity index (χ2v) is 5.34. The van der Waals surface area contributed by atoms with Crippen LogP contribution in [-0.4, -0.2) is 29.5 Å². The van der Waals surface area contributed by atoms with Gasteiger partial charge in [-0.3, -0.25) is 4.79 Å². The molecule has 0 aromatic carbocycles. The van der Waals surface area contributed by atoms with Gasteiger partial charge < -0.3 is 11.1 Å². The molecule has 1 saturated carbocycles. The fourth-order valence-corrected chi connectivity index (χ4v) is 3.26. The van der Waals surface area contributed by atoms with E-state index < -0.39 is 5.54 Å². The predicted octanol–water partition coefficient (Wildman–Crippen LogP) is 1.13. The van der Waals surface area contributed by atoms with E-state index in [2.05, 4.69) is 12.2 Å². The topological polar surface area (TPSA) is 55.1 Å². The summed E-state index contributed by atoms with van der Waals surface area (Å²) in [5.41, 5.74) is 5.00. The van der Waals surface area contributed by atoms with Crippen LogP contribution < -0.4 is 11.1 Å². The third kappa shape index (κ3) is 2.42. The van der Waals surface area contributed by atoms with Crippen LogP contribution >= 0.6 is 11.8 Å². The van der Waals surface area contributed by atoms with Gasteiger partial charge in [-0.1, -0.05) is 6.92 Å². The average molecular weight is 216 g/mol. The number of hydrogen-bond donors (Lipinski definition) is 2. The summed E-state index contributed by atoms with van der Waals surface area (Å²) in [4.78, 5) is 11.3. The van der Waals surface area contributed by atoms with E-state index >= 15 is 0 Å². The van der Waals surface area contributed by atoms with Crippen LogP contribution in [0.5, 0.6) is 0 Å². The van der Waals surface area contributed by atoms with Crippen molar-refractivity contribution >= 4 is 17.7 Å². The van der Waals surface area contributed by atoms with Crippen molar-refractivity contribution in [2.45, 2.75) is 43.4 Å². The number of carbonyl (C=O) groups excluding carboxylic acids is 1. The predicted molar refractivity (Wildman–Crippen MR) is 61.4 cm³/mol. The maximum absolute atomic E-state index is 11.3. The maximum atomic E-state index is 11.3. The van der Waals surface area contributed by atoms with Crippen molar-refractivity contribution in [2.75, 3.05) is 12.8 Å². The average Bonchev–Trinajstić information content (AvgIpc) is 2.59. The zero-order valence-electron chi connectivity index (χ0n) is 9.01. The van der Waals surface area contributed by atoms with E-state index in [0.29, 0.717) is 5.25 Å². The zero-order valence-corrected chi connectivity index (χ0v) is 9.82. The molecule has 0 heterocycles. The van der Waals surface area contributed by atoms with Gasteiger partial charge in [0.25, 0.3) is 0 Å². The number of likely N-dealkylation sites (N-methyl/N-ethyl adjacent to an activating group) is 1. The summed E-state index contributed by atoms with van der Waals surface area (Å²) in [7, 11) is 1.83. The van der Waals surface area contributed by atoms with Gasteiger partial charge in [0, 0.05) is 5.25 Å². The highest BCUT2D eigenvalue weighted by molar-refractivity contribution is 7.99. The molecule has 3 nitrogen and oxygen atoms in total. The number of rotatable bonds is 5. The number of amides is 1. The van der Waals surface area contributed by atoms with E-state index in [4.69, 9.17) is 5.73 Å². The summed E-state index contributed by atoms with van der Waals surface area (Å²) < 4.78 is 0. The lowest BCUT2D eigenvalue weighted by atomic mass is 9.97. The van der Waals surface area contributed by atoms with Crippen molar-refractivity contribution in [3.05, 3.63) is 0 Å². The number of primary amides is 1. The van der Waals surface area contributed by atoms with Crippen molar-refractivity contribution in [3.8, 4) is 0 Å². The van der Waals surface area contributed by atoms with E-state index in [-0.39, 0.29) is 5.91 Å². The number of carbonyl (C=O) groups is 1. The van der Waals surface area contributed by atoms with Crippen LogP contribution in [0.3, 0.4) is 0 Å². The second kappa shape index (κ2) is 5.03. The summed E-state index contributed by atoms with van der Waals surface area (Å²) in [5, 5.41) is 3.70. The third-order valence-corrected chi connectivity index (χ3v) is 4.49. The van der Waals surface area contributed by atoms with E-state index in [0.717, 1.165) is 19.3 Å². The van der Waals surface area contributed by atoms with Gasteiger partial charge in [0.2, 0.25) is 5.91 Å². The zero-order chi connectivity index (χ0) is 10.6. The molecule has 0 bridgehead atoms. The SMILES string of the molecule is CCCSC1CCC(NC)(C(N)=O)C1. The molecule has 1 fully saturated rings. The number of nitrogens with one attached hydrogen (secondary N) is 1. The lowest BCUT2D eigenvalue weighted by Crippen LogP contribution is -2.52. The highest BCUT2D eigenvalue weighted by Crippen LogP contribution is 2.36. The van der Waals surface area contributed by atoms with Crippen molar-refractivity contribution in [1.82, 2.24) is 5.32 Å². The van der Waals surface area contributed by atoms with Crippen LogP contribution in [-0.2, 0) is 4.79 Å². The molecular weight excluding hydrogens is 196 g/mol. The molecule has 2 atom stereocenters. The first-order valence-corrected chi connectivity index (χ1v) is 6.30. The number of thioether (sulfide) groups is 1. The van der Waals surface area contributed by atoms with Crippen LogP contribution in [0.4, 0.5) is 0 Å². The van der Waals surface area contributed by atoms with Gasteiger partial charge in [-0.05, 0) is 38.5 Å². The number of nitrogens with two attached hydrogens (primary N) is 1. The molecule has 1 amide bonds. The number of hydrogen-bond acceptors (Lipinski definition) is 3. The lowest BCUT2D eigenvalue weighted by Gasteiger charge is -2.24. The quantitative estimate of drug-likeness (QED) is 0.724. The molecule has 0 aromatic rings. The highest BCUT2D eigenvalue weighted by atomic mass is 32.2. The van der Waals surface area contributed by atoms with Crippen molar-refractivity contribution < 1.29 is 4.79 Å². The van der Waals surface area contributed by atoms with E-state index in [1.54, 1.807) is 0 Å². The Balaban J connectivity index is 2.48. The smallest absolute Gasteiger partial charge is 0.237 e. The molecular formula is C10H20N2OS. The Hall–Kier alpha value is -0.220. The van der Waals surface area contributed by atoms with Crippen molar-refractivity contribution in [3.63, 3.8) is 0 Å². The van der Waals surface area contributed by atoms with Gasteiger partial charge in [0.05, 0.1) is 5.54 Å². The van der Waals surface area contributed by atoms with Crippen LogP contribution in [0, 0.1) is 0 Å². The van der Waals surface area contributed by atoms with Crippen LogP contribution in [0.1, 0.15) is 32.6 Å². The molecule has 1 aliphatic rings. The fraction of sp³-hybridized carbons (Fsp3) is 0.900. The van der Waals surface area contributed by atoms with Crippen LogP contribution in [0.15, 0.2) is 0 Å². The van der Waals surface area contributed by atoms with E-state index in [1.165, 1.54) is 12.2 Å². The van der Waals surface area contributed by atoms with Gasteiger partial charge in [-0.25, -0.2) is 0 Å². The molecule has 3 N–H and O–H groups in total. The Morgan fingerprint density at radius 3 is 2.86 bits per heavy atom. The van der Waals surface area contributed by atoms with Crippen molar-refractivity contribution in [1.29, 1.82) is 0 Å². The van der Waals surface area contributed by atoms with Gasteiger partial charge >= 0.3 is 0 Å². The summed E-state index contributed by atoms with van der Waals surface area (Å²) >= 11 is 1.97. The van der Waals surface area contributed by atoms with Crippen molar-refractivity contribution in [2.24, 2.45) is 5.73 Å². The standard InChI is InChI=1S/C10H20N2OS/c1-3-6-14-8-4-5-10(7-8,12-2)9(11)13/h8,12H,3-7H2,1-2H3,(H2,11,13). The van der Waals surface area contributed by atoms with Crippen LogP contribution in [0.2, 0.25) is 0 Å². The minimum Gasteiger partial charge on any atom is -0.368 e. The molecule has 0 radical (unpaired) electrons. The minimum absolute atomic E-state index is 0.195. The summed E-state index contributed by atoms with van der Waals surface area (Å²) in [5.74, 6) is 0.989. The molecule has 0 spiro atoms. The molecule has 1 rings (SSSR count). The van der Waals surface area contributed by atoms with Gasteiger partial charge in [0.15, 0.2) is 0 Å². The summed E-state index contributed by atoms with van der Waals surface area (Å²) in [6.45, 7) is 2.18. The third-order valence-electron chi connectivity index (χ3n) is 2.98. The Morgan fingerprint density at radius 1 is 1.71 bits per heavy atom. The van der Waals surface area contributed by atoms with Gasteiger partial charge in [-0.15, -0.1) is 0 Å². The molecule has 0 aliphatic heterocycles. The van der Waals surface area contributed by atoms with Gasteiger partial charge in [-0.2, -0.15) is 11.8 Å². The second-order valence-electron chi connectivity index (χ2n) is 3.93.